The highest BCUT2D eigenvalue weighted by Gasteiger charge is 2.46. The predicted molar refractivity (Wildman–Crippen MR) is 113 cm³/mol. The molecule has 0 radical (unpaired) electrons. The van der Waals surface area contributed by atoms with Crippen molar-refractivity contribution in [3.8, 4) is 0 Å². The largest absolute Gasteiger partial charge is 0.397 e. The summed E-state index contributed by atoms with van der Waals surface area (Å²) in [7, 11) is -0.441. The lowest BCUT2D eigenvalue weighted by Gasteiger charge is -2.49. The molecule has 0 saturated carbocycles. The minimum Gasteiger partial charge on any atom is -0.397 e. The Hall–Kier alpha value is 0.314. The van der Waals surface area contributed by atoms with Crippen LogP contribution in [0.4, 0.5) is 0 Å². The molecule has 0 saturated heterocycles. The van der Waals surface area contributed by atoms with Crippen molar-refractivity contribution in [2.45, 2.75) is 97.3 Å². The molecule has 0 aliphatic heterocycles. The Morgan fingerprint density at radius 3 is 1.62 bits per heavy atom. The van der Waals surface area contributed by atoms with Gasteiger partial charge in [-0.25, -0.2) is 0 Å². The smallest absolute Gasteiger partial charge is 0.321 e. The van der Waals surface area contributed by atoms with Gasteiger partial charge in [-0.05, 0) is 56.5 Å². The summed E-state index contributed by atoms with van der Waals surface area (Å²) in [5.74, 6) is 0. The molecule has 5 heteroatoms. The molecule has 0 fully saturated rings. The Morgan fingerprint density at radius 1 is 0.792 bits per heavy atom. The SMILES string of the molecule is CCO[SiH](CCCCCN(C)[Si](C(C)C)(C(C)C)C(C)C)OCC. The average Bonchev–Trinajstić information content (AvgIpc) is 2.46. The molecule has 24 heavy (non-hydrogen) atoms. The lowest BCUT2D eigenvalue weighted by molar-refractivity contribution is 0.212. The second kappa shape index (κ2) is 12.6. The lowest BCUT2D eigenvalue weighted by atomic mass is 10.2. The first-order valence-corrected chi connectivity index (χ1v) is 14.1. The van der Waals surface area contributed by atoms with Gasteiger partial charge in [0.15, 0.2) is 0 Å². The molecular formula is C19H45NO2Si2. The van der Waals surface area contributed by atoms with Gasteiger partial charge in [-0.2, -0.15) is 0 Å². The van der Waals surface area contributed by atoms with Gasteiger partial charge in [0.1, 0.15) is 8.24 Å². The summed E-state index contributed by atoms with van der Waals surface area (Å²) in [6.45, 7) is 21.7. The lowest BCUT2D eigenvalue weighted by Crippen LogP contribution is -2.58. The molecule has 0 aromatic carbocycles. The molecule has 0 atom stereocenters. The minimum absolute atomic E-state index is 0.797. The van der Waals surface area contributed by atoms with Crippen LogP contribution in [0.3, 0.4) is 0 Å². The second-order valence-corrected chi connectivity index (χ2v) is 16.1. The Labute approximate surface area is 155 Å². The average molecular weight is 376 g/mol. The first-order valence-electron chi connectivity index (χ1n) is 10.2. The molecular weight excluding hydrogens is 330 g/mol. The van der Waals surface area contributed by atoms with Crippen molar-refractivity contribution in [3.05, 3.63) is 0 Å². The highest BCUT2D eigenvalue weighted by Crippen LogP contribution is 2.43. The van der Waals surface area contributed by atoms with E-state index in [1.165, 1.54) is 25.8 Å². The van der Waals surface area contributed by atoms with Crippen LogP contribution >= 0.6 is 0 Å². The summed E-state index contributed by atoms with van der Waals surface area (Å²) in [6, 6.07) is 1.16. The molecule has 0 heterocycles. The Balaban J connectivity index is 4.42. The van der Waals surface area contributed by atoms with Crippen LogP contribution in [0.1, 0.15) is 74.7 Å². The van der Waals surface area contributed by atoms with Crippen molar-refractivity contribution in [2.24, 2.45) is 0 Å². The van der Waals surface area contributed by atoms with Gasteiger partial charge in [0.05, 0.1) is 0 Å². The summed E-state index contributed by atoms with van der Waals surface area (Å²) >= 11 is 0. The zero-order valence-electron chi connectivity index (χ0n) is 18.0. The van der Waals surface area contributed by atoms with Gasteiger partial charge >= 0.3 is 9.28 Å². The maximum Gasteiger partial charge on any atom is 0.321 e. The fraction of sp³-hybridized carbons (Fsp3) is 1.00. The van der Waals surface area contributed by atoms with E-state index in [0.717, 1.165) is 35.9 Å². The minimum atomic E-state index is -1.45. The van der Waals surface area contributed by atoms with Gasteiger partial charge in [-0.3, -0.25) is 0 Å². The van der Waals surface area contributed by atoms with Gasteiger partial charge in [0, 0.05) is 13.2 Å². The Morgan fingerprint density at radius 2 is 1.25 bits per heavy atom. The first kappa shape index (κ1) is 24.3. The van der Waals surface area contributed by atoms with E-state index in [-0.39, 0.29) is 0 Å². The van der Waals surface area contributed by atoms with E-state index < -0.39 is 17.5 Å². The van der Waals surface area contributed by atoms with Gasteiger partial charge in [0.2, 0.25) is 0 Å². The van der Waals surface area contributed by atoms with Crippen LogP contribution < -0.4 is 0 Å². The van der Waals surface area contributed by atoms with Crippen LogP contribution in [-0.4, -0.2) is 48.9 Å². The van der Waals surface area contributed by atoms with E-state index in [9.17, 15) is 0 Å². The molecule has 0 spiro atoms. The van der Waals surface area contributed by atoms with Crippen molar-refractivity contribution in [1.82, 2.24) is 4.57 Å². The third kappa shape index (κ3) is 6.91. The standard InChI is InChI=1S/C19H45NO2Si2/c1-10-21-23(22-11-2)16-14-12-13-15-20(9)24(17(3)4,18(5)6)19(7)8/h17-19,23H,10-16H2,1-9H3. The van der Waals surface area contributed by atoms with E-state index in [2.05, 4.69) is 67.0 Å². The number of unbranched alkanes of at least 4 members (excludes halogenated alkanes) is 2. The summed E-state index contributed by atoms with van der Waals surface area (Å²) in [5, 5.41) is 0. The summed E-state index contributed by atoms with van der Waals surface area (Å²) in [6.07, 6.45) is 3.86. The van der Waals surface area contributed by atoms with Crippen LogP contribution in [0.25, 0.3) is 0 Å². The molecule has 0 bridgehead atoms. The van der Waals surface area contributed by atoms with Crippen molar-refractivity contribution < 1.29 is 8.85 Å². The van der Waals surface area contributed by atoms with Gasteiger partial charge in [-0.15, -0.1) is 0 Å². The summed E-state index contributed by atoms with van der Waals surface area (Å²) in [5.41, 5.74) is 2.40. The zero-order valence-corrected chi connectivity index (χ0v) is 20.2. The third-order valence-corrected chi connectivity index (χ3v) is 15.0. The normalized spacial score (nSPS) is 13.2. The van der Waals surface area contributed by atoms with E-state index >= 15 is 0 Å². The topological polar surface area (TPSA) is 21.7 Å². The molecule has 0 aliphatic rings. The van der Waals surface area contributed by atoms with Gasteiger partial charge in [0.25, 0.3) is 0 Å². The van der Waals surface area contributed by atoms with E-state index in [1.807, 2.05) is 0 Å². The summed E-state index contributed by atoms with van der Waals surface area (Å²) in [4.78, 5) is 0. The van der Waals surface area contributed by atoms with Gasteiger partial charge < -0.3 is 13.4 Å². The number of nitrogens with zero attached hydrogens (tertiary/aromatic N) is 1. The zero-order chi connectivity index (χ0) is 18.8. The molecule has 0 N–H and O–H groups in total. The van der Waals surface area contributed by atoms with Gasteiger partial charge in [-0.1, -0.05) is 54.4 Å². The number of hydrogen-bond acceptors (Lipinski definition) is 3. The molecule has 0 aliphatic carbocycles. The van der Waals surface area contributed by atoms with E-state index in [0.29, 0.717) is 0 Å². The molecule has 3 nitrogen and oxygen atoms in total. The highest BCUT2D eigenvalue weighted by molar-refractivity contribution is 6.80. The van der Waals surface area contributed by atoms with Crippen LogP contribution in [0.2, 0.25) is 22.7 Å². The highest BCUT2D eigenvalue weighted by atomic mass is 28.3. The molecule has 0 amide bonds. The molecule has 0 aromatic heterocycles. The Bertz CT molecular complexity index is 284. The monoisotopic (exact) mass is 375 g/mol. The third-order valence-electron chi connectivity index (χ3n) is 5.57. The second-order valence-electron chi connectivity index (χ2n) is 7.96. The Kier molecular flexibility index (Phi) is 12.8. The van der Waals surface area contributed by atoms with Crippen molar-refractivity contribution in [1.29, 1.82) is 0 Å². The fourth-order valence-corrected chi connectivity index (χ4v) is 13.9. The van der Waals surface area contributed by atoms with Crippen LogP contribution in [-0.2, 0) is 8.85 Å². The molecule has 0 unspecified atom stereocenters. The number of rotatable bonds is 14. The van der Waals surface area contributed by atoms with Crippen molar-refractivity contribution in [3.63, 3.8) is 0 Å². The van der Waals surface area contributed by atoms with E-state index in [1.54, 1.807) is 0 Å². The molecule has 146 valence electrons. The molecule has 0 rings (SSSR count). The number of hydrogen-bond donors (Lipinski definition) is 0. The first-order chi connectivity index (χ1) is 11.2. The maximum absolute atomic E-state index is 5.77. The van der Waals surface area contributed by atoms with Crippen LogP contribution in [0.15, 0.2) is 0 Å². The van der Waals surface area contributed by atoms with E-state index in [4.69, 9.17) is 8.85 Å². The fourth-order valence-electron chi connectivity index (χ4n) is 4.94. The van der Waals surface area contributed by atoms with Crippen molar-refractivity contribution >= 4 is 17.5 Å². The molecule has 0 aromatic rings. The quantitative estimate of drug-likeness (QED) is 0.293. The summed E-state index contributed by atoms with van der Waals surface area (Å²) < 4.78 is 14.3. The van der Waals surface area contributed by atoms with Crippen LogP contribution in [0, 0.1) is 0 Å². The van der Waals surface area contributed by atoms with Crippen LogP contribution in [0.5, 0.6) is 0 Å². The maximum atomic E-state index is 5.77. The van der Waals surface area contributed by atoms with Crippen molar-refractivity contribution in [2.75, 3.05) is 26.8 Å². The predicted octanol–water partition coefficient (Wildman–Crippen LogP) is 5.56.